The molecule has 1 heterocycles. The van der Waals surface area contributed by atoms with Crippen LogP contribution in [0.4, 0.5) is 5.69 Å². The Morgan fingerprint density at radius 3 is 2.45 bits per heavy atom. The molecule has 2 aromatic rings. The van der Waals surface area contributed by atoms with Gasteiger partial charge >= 0.3 is 0 Å². The molecule has 102 valence electrons. The number of rotatable bonds is 3. The smallest absolute Gasteiger partial charge is 0.255 e. The van der Waals surface area contributed by atoms with Crippen LogP contribution in [0.1, 0.15) is 29.3 Å². The van der Waals surface area contributed by atoms with E-state index in [4.69, 9.17) is 0 Å². The van der Waals surface area contributed by atoms with Gasteiger partial charge in [0.05, 0.1) is 5.56 Å². The second-order valence-corrected chi connectivity index (χ2v) is 5.44. The summed E-state index contributed by atoms with van der Waals surface area (Å²) >= 11 is 0. The molecule has 1 aliphatic heterocycles. The van der Waals surface area contributed by atoms with Crippen molar-refractivity contribution in [2.45, 2.75) is 25.4 Å². The van der Waals surface area contributed by atoms with Crippen LogP contribution in [0.2, 0.25) is 0 Å². The third-order valence-corrected chi connectivity index (χ3v) is 3.73. The van der Waals surface area contributed by atoms with Gasteiger partial charge in [-0.3, -0.25) is 4.79 Å². The number of para-hydroxylation sites is 1. The van der Waals surface area contributed by atoms with E-state index in [1.807, 2.05) is 49.4 Å². The molecule has 2 N–H and O–H groups in total. The summed E-state index contributed by atoms with van der Waals surface area (Å²) in [6.07, 6.45) is 1.77. The average Bonchev–Trinajstić information content (AvgIpc) is 2.46. The fraction of sp³-hybridized carbons (Fsp3) is 0.235. The second-order valence-electron chi connectivity index (χ2n) is 5.44. The maximum absolute atomic E-state index is 12.2. The Balaban J connectivity index is 1.76. The molecule has 0 saturated carbocycles. The third-order valence-electron chi connectivity index (χ3n) is 3.73. The van der Waals surface area contributed by atoms with Gasteiger partial charge in [-0.15, -0.1) is 0 Å². The van der Waals surface area contributed by atoms with Gasteiger partial charge < -0.3 is 10.6 Å². The zero-order valence-corrected chi connectivity index (χ0v) is 11.5. The topological polar surface area (TPSA) is 41.1 Å². The summed E-state index contributed by atoms with van der Waals surface area (Å²) in [5, 5.41) is 6.51. The molecule has 0 radical (unpaired) electrons. The van der Waals surface area contributed by atoms with Crippen LogP contribution in [0.25, 0.3) is 0 Å². The molecular weight excluding hydrogens is 248 g/mol. The summed E-state index contributed by atoms with van der Waals surface area (Å²) in [4.78, 5) is 12.2. The van der Waals surface area contributed by atoms with Gasteiger partial charge in [0.25, 0.3) is 5.91 Å². The number of hydrogen-bond donors (Lipinski definition) is 2. The predicted octanol–water partition coefficient (Wildman–Crippen LogP) is 3.19. The van der Waals surface area contributed by atoms with E-state index in [9.17, 15) is 4.79 Å². The Labute approximate surface area is 119 Å². The van der Waals surface area contributed by atoms with E-state index in [0.29, 0.717) is 5.56 Å². The lowest BCUT2D eigenvalue weighted by molar-refractivity contribution is 0.0903. The maximum Gasteiger partial charge on any atom is 0.255 e. The first kappa shape index (κ1) is 12.7. The molecule has 0 aromatic heterocycles. The molecule has 0 aliphatic carbocycles. The van der Waals surface area contributed by atoms with Crippen LogP contribution >= 0.6 is 0 Å². The second kappa shape index (κ2) is 5.00. The zero-order chi connectivity index (χ0) is 14.0. The number of aryl methyl sites for hydroxylation is 1. The lowest BCUT2D eigenvalue weighted by atomic mass is 9.97. The molecule has 0 saturated heterocycles. The summed E-state index contributed by atoms with van der Waals surface area (Å²) in [7, 11) is 0. The largest absolute Gasteiger partial charge is 0.362 e. The lowest BCUT2D eigenvalue weighted by Crippen LogP contribution is -2.55. The summed E-state index contributed by atoms with van der Waals surface area (Å²) in [5.41, 5.74) is 2.50. The Bertz CT molecular complexity index is 624. The van der Waals surface area contributed by atoms with Crippen LogP contribution in [-0.4, -0.2) is 11.6 Å². The van der Waals surface area contributed by atoms with Crippen molar-refractivity contribution in [1.29, 1.82) is 0 Å². The summed E-state index contributed by atoms with van der Waals surface area (Å²) in [6.45, 7) is 2.03. The highest BCUT2D eigenvalue weighted by Crippen LogP contribution is 2.26. The molecule has 2 aromatic carbocycles. The van der Waals surface area contributed by atoms with E-state index in [1.54, 1.807) is 0 Å². The normalized spacial score (nSPS) is 20.8. The minimum Gasteiger partial charge on any atom is -0.362 e. The highest BCUT2D eigenvalue weighted by atomic mass is 16.2. The molecule has 0 spiro atoms. The fourth-order valence-corrected chi connectivity index (χ4v) is 2.60. The van der Waals surface area contributed by atoms with Crippen molar-refractivity contribution in [1.82, 2.24) is 5.32 Å². The van der Waals surface area contributed by atoms with E-state index in [0.717, 1.165) is 18.5 Å². The van der Waals surface area contributed by atoms with Crippen LogP contribution < -0.4 is 10.6 Å². The fourth-order valence-electron chi connectivity index (χ4n) is 2.60. The van der Waals surface area contributed by atoms with E-state index in [2.05, 4.69) is 22.8 Å². The molecule has 1 atom stereocenters. The molecule has 1 aliphatic rings. The van der Waals surface area contributed by atoms with Crippen LogP contribution in [-0.2, 0) is 6.42 Å². The number of carbonyl (C=O) groups is 1. The monoisotopic (exact) mass is 266 g/mol. The van der Waals surface area contributed by atoms with Gasteiger partial charge in [0.15, 0.2) is 0 Å². The van der Waals surface area contributed by atoms with Gasteiger partial charge in [-0.1, -0.05) is 42.5 Å². The Kier molecular flexibility index (Phi) is 3.18. The number of hydrogen-bond acceptors (Lipinski definition) is 2. The van der Waals surface area contributed by atoms with Crippen LogP contribution in [0.3, 0.4) is 0 Å². The van der Waals surface area contributed by atoms with Crippen molar-refractivity contribution in [3.63, 3.8) is 0 Å². The predicted molar refractivity (Wildman–Crippen MR) is 80.7 cm³/mol. The van der Waals surface area contributed by atoms with Crippen LogP contribution in [0, 0.1) is 0 Å². The summed E-state index contributed by atoms with van der Waals surface area (Å²) in [5.74, 6) is -0.00471. The molecule has 3 rings (SSSR count). The number of carbonyl (C=O) groups excluding carboxylic acids is 1. The molecular formula is C17H18N2O. The first-order valence-electron chi connectivity index (χ1n) is 6.90. The standard InChI is InChI=1S/C17H18N2O/c1-17(12-11-13-7-3-2-4-8-13)18-15-10-6-5-9-14(15)16(20)19-17/h2-10,18H,11-12H2,1H3,(H,19,20). The van der Waals surface area contributed by atoms with Crippen molar-refractivity contribution < 1.29 is 4.79 Å². The SMILES string of the molecule is CC1(CCc2ccccc2)NC(=O)c2ccccc2N1. The van der Waals surface area contributed by atoms with E-state index < -0.39 is 5.66 Å². The molecule has 3 nitrogen and oxygen atoms in total. The molecule has 20 heavy (non-hydrogen) atoms. The van der Waals surface area contributed by atoms with Gasteiger partial charge in [0, 0.05) is 5.69 Å². The van der Waals surface area contributed by atoms with Crippen LogP contribution in [0.15, 0.2) is 54.6 Å². The molecule has 0 bridgehead atoms. The molecule has 3 heteroatoms. The summed E-state index contributed by atoms with van der Waals surface area (Å²) < 4.78 is 0. The zero-order valence-electron chi connectivity index (χ0n) is 11.5. The number of fused-ring (bicyclic) bond motifs is 1. The minimum atomic E-state index is -0.402. The lowest BCUT2D eigenvalue weighted by Gasteiger charge is -2.37. The van der Waals surface area contributed by atoms with Crippen molar-refractivity contribution >= 4 is 11.6 Å². The van der Waals surface area contributed by atoms with Crippen molar-refractivity contribution in [2.24, 2.45) is 0 Å². The average molecular weight is 266 g/mol. The quantitative estimate of drug-likeness (QED) is 0.895. The molecule has 1 amide bonds. The van der Waals surface area contributed by atoms with Crippen molar-refractivity contribution in [2.75, 3.05) is 5.32 Å². The first-order chi connectivity index (χ1) is 9.66. The molecule has 0 fully saturated rings. The van der Waals surface area contributed by atoms with E-state index in [-0.39, 0.29) is 5.91 Å². The Hall–Kier alpha value is -2.29. The van der Waals surface area contributed by atoms with E-state index >= 15 is 0 Å². The number of nitrogens with one attached hydrogen (secondary N) is 2. The number of amides is 1. The van der Waals surface area contributed by atoms with Gasteiger partial charge in [0.1, 0.15) is 5.66 Å². The Morgan fingerprint density at radius 2 is 1.65 bits per heavy atom. The van der Waals surface area contributed by atoms with Gasteiger partial charge in [-0.25, -0.2) is 0 Å². The highest BCUT2D eigenvalue weighted by Gasteiger charge is 2.32. The maximum atomic E-state index is 12.2. The third kappa shape index (κ3) is 2.52. The first-order valence-corrected chi connectivity index (χ1v) is 6.90. The number of benzene rings is 2. The highest BCUT2D eigenvalue weighted by molar-refractivity contribution is 6.02. The van der Waals surface area contributed by atoms with Crippen LogP contribution in [0.5, 0.6) is 0 Å². The van der Waals surface area contributed by atoms with E-state index in [1.165, 1.54) is 5.56 Å². The van der Waals surface area contributed by atoms with Crippen molar-refractivity contribution in [3.8, 4) is 0 Å². The van der Waals surface area contributed by atoms with Gasteiger partial charge in [-0.2, -0.15) is 0 Å². The van der Waals surface area contributed by atoms with Gasteiger partial charge in [-0.05, 0) is 37.5 Å². The molecule has 1 unspecified atom stereocenters. The van der Waals surface area contributed by atoms with Gasteiger partial charge in [0.2, 0.25) is 0 Å². The number of anilines is 1. The Morgan fingerprint density at radius 1 is 0.950 bits per heavy atom. The minimum absolute atomic E-state index is 0.00471. The summed E-state index contributed by atoms with van der Waals surface area (Å²) in [6, 6.07) is 17.9. The van der Waals surface area contributed by atoms with Crippen molar-refractivity contribution in [3.05, 3.63) is 65.7 Å².